The highest BCUT2D eigenvalue weighted by atomic mass is 32.2. The van der Waals surface area contributed by atoms with Gasteiger partial charge in [-0.1, -0.05) is 42.5 Å². The van der Waals surface area contributed by atoms with Crippen molar-refractivity contribution < 1.29 is 8.42 Å². The summed E-state index contributed by atoms with van der Waals surface area (Å²) in [5.74, 6) is 0.0111. The first-order chi connectivity index (χ1) is 11.5. The van der Waals surface area contributed by atoms with Gasteiger partial charge in [-0.2, -0.15) is 0 Å². The first kappa shape index (κ1) is 16.6. The molecule has 0 fully saturated rings. The van der Waals surface area contributed by atoms with Gasteiger partial charge >= 0.3 is 0 Å². The third-order valence-electron chi connectivity index (χ3n) is 4.13. The van der Waals surface area contributed by atoms with E-state index in [4.69, 9.17) is 0 Å². The Balaban J connectivity index is 1.79. The number of fused-ring (bicyclic) bond motifs is 1. The third-order valence-corrected chi connectivity index (χ3v) is 5.88. The molecule has 3 rings (SSSR count). The zero-order valence-electron chi connectivity index (χ0n) is 13.8. The fourth-order valence-electron chi connectivity index (χ4n) is 2.64. The van der Waals surface area contributed by atoms with Crippen LogP contribution in [0.1, 0.15) is 16.7 Å². The molecule has 1 heterocycles. The Morgan fingerprint density at radius 3 is 2.54 bits per heavy atom. The van der Waals surface area contributed by atoms with Gasteiger partial charge in [0.25, 0.3) is 0 Å². The normalized spacial score (nSPS) is 12.0. The number of para-hydroxylation sites is 1. The quantitative estimate of drug-likeness (QED) is 0.714. The lowest BCUT2D eigenvalue weighted by Crippen LogP contribution is -2.28. The standard InChI is InChI=1S/C19H20N2O2S/c1-15-7-3-4-9-18(15)14-24(22,23)21(2)13-16-11-17-8-5-6-10-19(17)20-12-16/h3-12H,13-14H2,1-2H3. The van der Waals surface area contributed by atoms with Crippen LogP contribution in [0.2, 0.25) is 0 Å². The minimum Gasteiger partial charge on any atom is -0.256 e. The summed E-state index contributed by atoms with van der Waals surface area (Å²) in [4.78, 5) is 4.39. The van der Waals surface area contributed by atoms with Crippen molar-refractivity contribution in [2.45, 2.75) is 19.2 Å². The first-order valence-corrected chi connectivity index (χ1v) is 9.39. The Labute approximate surface area is 142 Å². The molecule has 5 heteroatoms. The monoisotopic (exact) mass is 340 g/mol. The number of aryl methyl sites for hydroxylation is 1. The summed E-state index contributed by atoms with van der Waals surface area (Å²) < 4.78 is 26.6. The van der Waals surface area contributed by atoms with Crippen molar-refractivity contribution in [1.82, 2.24) is 9.29 Å². The topological polar surface area (TPSA) is 50.3 Å². The molecular weight excluding hydrogens is 320 g/mol. The van der Waals surface area contributed by atoms with Crippen LogP contribution >= 0.6 is 0 Å². The maximum atomic E-state index is 12.6. The molecule has 0 bridgehead atoms. The predicted octanol–water partition coefficient (Wildman–Crippen LogP) is 3.51. The van der Waals surface area contributed by atoms with Crippen molar-refractivity contribution in [3.05, 3.63) is 77.5 Å². The highest BCUT2D eigenvalue weighted by Gasteiger charge is 2.19. The largest absolute Gasteiger partial charge is 0.256 e. The highest BCUT2D eigenvalue weighted by Crippen LogP contribution is 2.18. The Kier molecular flexibility index (Phi) is 4.64. The van der Waals surface area contributed by atoms with Gasteiger partial charge in [0, 0.05) is 25.2 Å². The molecule has 0 unspecified atom stereocenters. The summed E-state index contributed by atoms with van der Waals surface area (Å²) in [5.41, 5.74) is 3.61. The van der Waals surface area contributed by atoms with Gasteiger partial charge < -0.3 is 0 Å². The van der Waals surface area contributed by atoms with Crippen LogP contribution in [0, 0.1) is 6.92 Å². The van der Waals surface area contributed by atoms with E-state index < -0.39 is 10.0 Å². The van der Waals surface area contributed by atoms with Crippen molar-refractivity contribution in [2.24, 2.45) is 0 Å². The average molecular weight is 340 g/mol. The van der Waals surface area contributed by atoms with Crippen molar-refractivity contribution >= 4 is 20.9 Å². The average Bonchev–Trinajstić information content (AvgIpc) is 2.56. The molecule has 0 saturated heterocycles. The van der Waals surface area contributed by atoms with E-state index in [0.717, 1.165) is 27.6 Å². The zero-order chi connectivity index (χ0) is 17.2. The Morgan fingerprint density at radius 2 is 1.75 bits per heavy atom. The van der Waals surface area contributed by atoms with Gasteiger partial charge in [-0.05, 0) is 35.7 Å². The lowest BCUT2D eigenvalue weighted by Gasteiger charge is -2.18. The fourth-order valence-corrected chi connectivity index (χ4v) is 3.92. The molecule has 0 spiro atoms. The van der Waals surface area contributed by atoms with Crippen molar-refractivity contribution in [2.75, 3.05) is 7.05 Å². The van der Waals surface area contributed by atoms with E-state index in [2.05, 4.69) is 4.98 Å². The second-order valence-electron chi connectivity index (χ2n) is 5.98. The molecule has 0 amide bonds. The van der Waals surface area contributed by atoms with Gasteiger partial charge in [0.05, 0.1) is 11.3 Å². The minimum atomic E-state index is -3.38. The number of hydrogen-bond acceptors (Lipinski definition) is 3. The van der Waals surface area contributed by atoms with E-state index in [1.807, 2.05) is 61.5 Å². The number of benzene rings is 2. The summed E-state index contributed by atoms with van der Waals surface area (Å²) in [5, 5.41) is 1.01. The van der Waals surface area contributed by atoms with E-state index in [-0.39, 0.29) is 5.75 Å². The summed E-state index contributed by atoms with van der Waals surface area (Å²) in [6.07, 6.45) is 1.74. The number of rotatable bonds is 5. The summed E-state index contributed by atoms with van der Waals surface area (Å²) >= 11 is 0. The molecule has 3 aromatic rings. The molecule has 24 heavy (non-hydrogen) atoms. The number of aromatic nitrogens is 1. The summed E-state index contributed by atoms with van der Waals surface area (Å²) in [6.45, 7) is 2.24. The zero-order valence-corrected chi connectivity index (χ0v) is 14.6. The molecule has 0 N–H and O–H groups in total. The van der Waals surface area contributed by atoms with Crippen LogP contribution in [0.15, 0.2) is 60.8 Å². The van der Waals surface area contributed by atoms with E-state index >= 15 is 0 Å². The van der Waals surface area contributed by atoms with Crippen LogP contribution in [-0.4, -0.2) is 24.8 Å². The molecule has 124 valence electrons. The van der Waals surface area contributed by atoms with E-state index in [0.29, 0.717) is 6.54 Å². The lowest BCUT2D eigenvalue weighted by atomic mass is 10.1. The van der Waals surface area contributed by atoms with Gasteiger partial charge in [0.1, 0.15) is 0 Å². The van der Waals surface area contributed by atoms with Crippen LogP contribution in [0.4, 0.5) is 0 Å². The Bertz CT molecular complexity index is 968. The molecule has 1 aromatic heterocycles. The van der Waals surface area contributed by atoms with Crippen molar-refractivity contribution in [3.8, 4) is 0 Å². The number of sulfonamides is 1. The maximum absolute atomic E-state index is 12.6. The Morgan fingerprint density at radius 1 is 1.04 bits per heavy atom. The minimum absolute atomic E-state index is 0.0111. The Hall–Kier alpha value is -2.24. The second kappa shape index (κ2) is 6.71. The van der Waals surface area contributed by atoms with Crippen LogP contribution in [0.25, 0.3) is 10.9 Å². The number of pyridine rings is 1. The molecule has 2 aromatic carbocycles. The van der Waals surface area contributed by atoms with Crippen molar-refractivity contribution in [3.63, 3.8) is 0 Å². The van der Waals surface area contributed by atoms with E-state index in [1.54, 1.807) is 13.2 Å². The van der Waals surface area contributed by atoms with Gasteiger partial charge in [-0.25, -0.2) is 12.7 Å². The molecular formula is C19H20N2O2S. The lowest BCUT2D eigenvalue weighted by molar-refractivity contribution is 0.465. The summed E-state index contributed by atoms with van der Waals surface area (Å²) in [7, 11) is -1.77. The van der Waals surface area contributed by atoms with Crippen LogP contribution in [-0.2, 0) is 22.3 Å². The van der Waals surface area contributed by atoms with Crippen LogP contribution in [0.3, 0.4) is 0 Å². The summed E-state index contributed by atoms with van der Waals surface area (Å²) in [6, 6.07) is 17.4. The highest BCUT2D eigenvalue weighted by molar-refractivity contribution is 7.88. The first-order valence-electron chi connectivity index (χ1n) is 7.78. The maximum Gasteiger partial charge on any atom is 0.218 e. The molecule has 0 aliphatic carbocycles. The molecule has 0 atom stereocenters. The molecule has 0 radical (unpaired) electrons. The fraction of sp³-hybridized carbons (Fsp3) is 0.211. The molecule has 4 nitrogen and oxygen atoms in total. The molecule has 0 saturated carbocycles. The third kappa shape index (κ3) is 3.63. The van der Waals surface area contributed by atoms with Gasteiger partial charge in [-0.3, -0.25) is 4.98 Å². The second-order valence-corrected chi connectivity index (χ2v) is 8.05. The van der Waals surface area contributed by atoms with Crippen LogP contribution < -0.4 is 0 Å². The van der Waals surface area contributed by atoms with E-state index in [1.165, 1.54) is 4.31 Å². The van der Waals surface area contributed by atoms with Gasteiger partial charge in [0.2, 0.25) is 10.0 Å². The van der Waals surface area contributed by atoms with E-state index in [9.17, 15) is 8.42 Å². The van der Waals surface area contributed by atoms with Crippen LogP contribution in [0.5, 0.6) is 0 Å². The number of nitrogens with zero attached hydrogens (tertiary/aromatic N) is 2. The number of hydrogen-bond donors (Lipinski definition) is 0. The van der Waals surface area contributed by atoms with Gasteiger partial charge in [0.15, 0.2) is 0 Å². The smallest absolute Gasteiger partial charge is 0.218 e. The van der Waals surface area contributed by atoms with Gasteiger partial charge in [-0.15, -0.1) is 0 Å². The van der Waals surface area contributed by atoms with Crippen molar-refractivity contribution in [1.29, 1.82) is 0 Å². The SMILES string of the molecule is Cc1ccccc1CS(=O)(=O)N(C)Cc1cnc2ccccc2c1. The molecule has 0 aliphatic rings. The molecule has 0 aliphatic heterocycles. The predicted molar refractivity (Wildman–Crippen MR) is 97.0 cm³/mol.